The lowest BCUT2D eigenvalue weighted by Gasteiger charge is -2.18. The van der Waals surface area contributed by atoms with Crippen LogP contribution >= 0.6 is 0 Å². The minimum atomic E-state index is -0.446. The smallest absolute Gasteiger partial charge is 0.277 e. The van der Waals surface area contributed by atoms with Crippen LogP contribution in [0, 0.1) is 13.8 Å². The summed E-state index contributed by atoms with van der Waals surface area (Å²) in [6.45, 7) is 3.96. The molecule has 1 aromatic carbocycles. The molecule has 0 atom stereocenters. The Morgan fingerprint density at radius 1 is 1.25 bits per heavy atom. The highest BCUT2D eigenvalue weighted by Gasteiger charge is 2.19. The number of amides is 1. The molecular formula is C15H17N3O2. The van der Waals surface area contributed by atoms with Gasteiger partial charge in [-0.05, 0) is 25.0 Å². The van der Waals surface area contributed by atoms with E-state index in [0.29, 0.717) is 17.8 Å². The molecular weight excluding hydrogens is 254 g/mol. The van der Waals surface area contributed by atoms with Crippen LogP contribution in [0.15, 0.2) is 35.1 Å². The Morgan fingerprint density at radius 2 is 1.90 bits per heavy atom. The highest BCUT2D eigenvalue weighted by Crippen LogP contribution is 2.10. The fourth-order valence-electron chi connectivity index (χ4n) is 2.00. The summed E-state index contributed by atoms with van der Waals surface area (Å²) in [6, 6.07) is 9.65. The minimum absolute atomic E-state index is 0.163. The van der Waals surface area contributed by atoms with E-state index in [1.54, 1.807) is 20.9 Å². The van der Waals surface area contributed by atoms with E-state index in [2.05, 4.69) is 10.2 Å². The van der Waals surface area contributed by atoms with Crippen LogP contribution in [-0.2, 0) is 6.54 Å². The maximum absolute atomic E-state index is 12.4. The van der Waals surface area contributed by atoms with Crippen molar-refractivity contribution in [3.05, 3.63) is 63.1 Å². The Hall–Kier alpha value is -2.43. The van der Waals surface area contributed by atoms with E-state index < -0.39 is 5.56 Å². The van der Waals surface area contributed by atoms with Crippen molar-refractivity contribution in [3.63, 3.8) is 0 Å². The van der Waals surface area contributed by atoms with Crippen LogP contribution in [0.5, 0.6) is 0 Å². The molecule has 0 saturated carbocycles. The van der Waals surface area contributed by atoms with Gasteiger partial charge in [-0.3, -0.25) is 9.59 Å². The Balaban J connectivity index is 2.28. The molecule has 0 aliphatic heterocycles. The highest BCUT2D eigenvalue weighted by atomic mass is 16.2. The summed E-state index contributed by atoms with van der Waals surface area (Å²) >= 11 is 0. The molecule has 1 amide bonds. The third kappa shape index (κ3) is 2.77. The van der Waals surface area contributed by atoms with Crippen LogP contribution in [0.4, 0.5) is 0 Å². The first-order chi connectivity index (χ1) is 9.50. The summed E-state index contributed by atoms with van der Waals surface area (Å²) in [6.07, 6.45) is 0. The van der Waals surface area contributed by atoms with Crippen LogP contribution in [0.2, 0.25) is 0 Å². The molecule has 2 aromatic rings. The Bertz CT molecular complexity index is 677. The lowest BCUT2D eigenvalue weighted by atomic mass is 10.1. The molecule has 0 aliphatic carbocycles. The fourth-order valence-corrected chi connectivity index (χ4v) is 2.00. The zero-order valence-electron chi connectivity index (χ0n) is 11.8. The number of carbonyl (C=O) groups excluding carboxylic acids is 1. The molecule has 0 saturated heterocycles. The van der Waals surface area contributed by atoms with Crippen molar-refractivity contribution < 1.29 is 4.79 Å². The number of nitrogens with zero attached hydrogens (tertiary/aromatic N) is 2. The quantitative estimate of drug-likeness (QED) is 0.923. The van der Waals surface area contributed by atoms with Crippen molar-refractivity contribution in [1.82, 2.24) is 15.1 Å². The van der Waals surface area contributed by atoms with Gasteiger partial charge in [0.15, 0.2) is 0 Å². The van der Waals surface area contributed by atoms with Gasteiger partial charge in [0.05, 0.1) is 5.69 Å². The number of rotatable bonds is 3. The normalized spacial score (nSPS) is 10.3. The number of hydrogen-bond acceptors (Lipinski definition) is 3. The van der Waals surface area contributed by atoms with E-state index in [9.17, 15) is 9.59 Å². The van der Waals surface area contributed by atoms with Crippen LogP contribution in [0.3, 0.4) is 0 Å². The zero-order valence-corrected chi connectivity index (χ0v) is 11.8. The first-order valence-electron chi connectivity index (χ1n) is 6.36. The van der Waals surface area contributed by atoms with Crippen molar-refractivity contribution in [3.8, 4) is 0 Å². The Kier molecular flexibility index (Phi) is 3.98. The van der Waals surface area contributed by atoms with E-state index in [0.717, 1.165) is 5.56 Å². The second kappa shape index (κ2) is 5.69. The largest absolute Gasteiger partial charge is 0.337 e. The maximum atomic E-state index is 12.4. The number of hydrogen-bond donors (Lipinski definition) is 1. The Labute approximate surface area is 117 Å². The number of carbonyl (C=O) groups is 1. The summed E-state index contributed by atoms with van der Waals surface area (Å²) in [5.74, 6) is -0.293. The van der Waals surface area contributed by atoms with E-state index in [1.165, 1.54) is 4.90 Å². The van der Waals surface area contributed by atoms with E-state index in [1.807, 2.05) is 30.3 Å². The standard InChI is InChI=1S/C15H17N3O2/c1-10-11(2)16-17-14(19)13(10)15(20)18(3)9-12-7-5-4-6-8-12/h4-8H,9H2,1-3H3,(H,17,19). The summed E-state index contributed by atoms with van der Waals surface area (Å²) in [7, 11) is 1.68. The van der Waals surface area contributed by atoms with Gasteiger partial charge >= 0.3 is 0 Å². The van der Waals surface area contributed by atoms with Crippen LogP contribution < -0.4 is 5.56 Å². The van der Waals surface area contributed by atoms with Gasteiger partial charge in [-0.2, -0.15) is 5.10 Å². The monoisotopic (exact) mass is 271 g/mol. The van der Waals surface area contributed by atoms with Gasteiger partial charge in [-0.15, -0.1) is 0 Å². The number of aromatic nitrogens is 2. The average Bonchev–Trinajstić information content (AvgIpc) is 2.44. The molecule has 1 heterocycles. The Morgan fingerprint density at radius 3 is 2.55 bits per heavy atom. The van der Waals surface area contributed by atoms with Crippen molar-refractivity contribution in [2.45, 2.75) is 20.4 Å². The molecule has 104 valence electrons. The summed E-state index contributed by atoms with van der Waals surface area (Å²) in [4.78, 5) is 25.8. The summed E-state index contributed by atoms with van der Waals surface area (Å²) < 4.78 is 0. The van der Waals surface area contributed by atoms with E-state index in [-0.39, 0.29) is 11.5 Å². The summed E-state index contributed by atoms with van der Waals surface area (Å²) in [5, 5.41) is 6.21. The van der Waals surface area contributed by atoms with Crippen molar-refractivity contribution >= 4 is 5.91 Å². The molecule has 5 nitrogen and oxygen atoms in total. The van der Waals surface area contributed by atoms with Crippen molar-refractivity contribution in [2.24, 2.45) is 0 Å². The zero-order chi connectivity index (χ0) is 14.7. The molecule has 20 heavy (non-hydrogen) atoms. The number of H-pyrrole nitrogens is 1. The first-order valence-corrected chi connectivity index (χ1v) is 6.36. The van der Waals surface area contributed by atoms with Crippen LogP contribution in [-0.4, -0.2) is 28.1 Å². The molecule has 2 rings (SSSR count). The highest BCUT2D eigenvalue weighted by molar-refractivity contribution is 5.95. The summed E-state index contributed by atoms with van der Waals surface area (Å²) in [5.41, 5.74) is 2.01. The third-order valence-corrected chi connectivity index (χ3v) is 3.29. The predicted octanol–water partition coefficient (Wildman–Crippen LogP) is 1.66. The van der Waals surface area contributed by atoms with Gasteiger partial charge in [0, 0.05) is 13.6 Å². The number of aryl methyl sites for hydroxylation is 1. The molecule has 1 N–H and O–H groups in total. The van der Waals surface area contributed by atoms with Crippen LogP contribution in [0.25, 0.3) is 0 Å². The van der Waals surface area contributed by atoms with E-state index in [4.69, 9.17) is 0 Å². The first kappa shape index (κ1) is 14.0. The molecule has 0 aliphatic rings. The van der Waals surface area contributed by atoms with Gasteiger partial charge in [0.25, 0.3) is 11.5 Å². The molecule has 0 spiro atoms. The van der Waals surface area contributed by atoms with Gasteiger partial charge in [-0.1, -0.05) is 30.3 Å². The maximum Gasteiger partial charge on any atom is 0.277 e. The topological polar surface area (TPSA) is 66.1 Å². The number of benzene rings is 1. The van der Waals surface area contributed by atoms with Crippen molar-refractivity contribution in [1.29, 1.82) is 0 Å². The van der Waals surface area contributed by atoms with Crippen LogP contribution in [0.1, 0.15) is 27.2 Å². The number of nitrogens with one attached hydrogen (secondary N) is 1. The minimum Gasteiger partial charge on any atom is -0.337 e. The molecule has 0 unspecified atom stereocenters. The fraction of sp³-hybridized carbons (Fsp3) is 0.267. The lowest BCUT2D eigenvalue weighted by Crippen LogP contribution is -2.33. The predicted molar refractivity (Wildman–Crippen MR) is 76.6 cm³/mol. The van der Waals surface area contributed by atoms with Gasteiger partial charge in [0.2, 0.25) is 0 Å². The number of aromatic amines is 1. The second-order valence-electron chi connectivity index (χ2n) is 4.78. The molecule has 0 fully saturated rings. The van der Waals surface area contributed by atoms with Gasteiger partial charge < -0.3 is 4.90 Å². The molecule has 0 radical (unpaired) electrons. The molecule has 5 heteroatoms. The molecule has 0 bridgehead atoms. The van der Waals surface area contributed by atoms with Gasteiger partial charge in [-0.25, -0.2) is 5.10 Å². The van der Waals surface area contributed by atoms with E-state index >= 15 is 0 Å². The SMILES string of the molecule is Cc1n[nH]c(=O)c(C(=O)N(C)Cc2ccccc2)c1C. The second-order valence-corrected chi connectivity index (χ2v) is 4.78. The average molecular weight is 271 g/mol. The van der Waals surface area contributed by atoms with Gasteiger partial charge in [0.1, 0.15) is 5.56 Å². The third-order valence-electron chi connectivity index (χ3n) is 3.29. The van der Waals surface area contributed by atoms with Crippen molar-refractivity contribution in [2.75, 3.05) is 7.05 Å². The lowest BCUT2D eigenvalue weighted by molar-refractivity contribution is 0.0782. The molecule has 1 aromatic heterocycles.